The highest BCUT2D eigenvalue weighted by molar-refractivity contribution is 6.00. The maximum atomic E-state index is 14.0. The molecule has 6 fully saturated rings. The average Bonchev–Trinajstić information content (AvgIpc) is 3.39. The third-order valence-corrected chi connectivity index (χ3v) is 12.6. The van der Waals surface area contributed by atoms with Gasteiger partial charge in [0.15, 0.2) is 0 Å². The van der Waals surface area contributed by atoms with Gasteiger partial charge in [-0.1, -0.05) is 19.1 Å². The van der Waals surface area contributed by atoms with Crippen LogP contribution < -0.4 is 5.32 Å². The monoisotopic (exact) mass is 584 g/mol. The lowest BCUT2D eigenvalue weighted by Crippen LogP contribution is -2.83. The second-order valence-corrected chi connectivity index (χ2v) is 13.7. The molecule has 10 heteroatoms. The first-order valence-electron chi connectivity index (χ1n) is 15.4. The highest BCUT2D eigenvalue weighted by atomic mass is 16.6. The summed E-state index contributed by atoms with van der Waals surface area (Å²) in [5, 5.41) is 28.4. The minimum Gasteiger partial charge on any atom is -0.454 e. The lowest BCUT2D eigenvalue weighted by molar-refractivity contribution is -0.337. The molecule has 12 atom stereocenters. The molecular formula is C32H44N2O8. The number of amides is 1. The molecule has 0 radical (unpaired) electrons. The van der Waals surface area contributed by atoms with Crippen LogP contribution in [0.2, 0.25) is 0 Å². The van der Waals surface area contributed by atoms with Crippen molar-refractivity contribution in [1.29, 1.82) is 0 Å². The summed E-state index contributed by atoms with van der Waals surface area (Å²) in [5.41, 5.74) is -3.57. The number of aliphatic hydroxyl groups is 2. The largest absolute Gasteiger partial charge is 0.454 e. The lowest BCUT2D eigenvalue weighted by atomic mass is 9.44. The van der Waals surface area contributed by atoms with Crippen molar-refractivity contribution < 1.29 is 38.7 Å². The van der Waals surface area contributed by atoms with E-state index in [2.05, 4.69) is 17.1 Å². The number of rotatable bonds is 7. The summed E-state index contributed by atoms with van der Waals surface area (Å²) in [6, 6.07) is 6.89. The van der Waals surface area contributed by atoms with E-state index in [0.717, 1.165) is 0 Å². The second-order valence-electron chi connectivity index (χ2n) is 13.7. The van der Waals surface area contributed by atoms with E-state index in [9.17, 15) is 19.8 Å². The number of para-hydroxylation sites is 1. The van der Waals surface area contributed by atoms with Gasteiger partial charge in [0.25, 0.3) is 0 Å². The molecule has 1 spiro atoms. The third-order valence-electron chi connectivity index (χ3n) is 12.6. The number of fused-ring (bicyclic) bond motifs is 2. The summed E-state index contributed by atoms with van der Waals surface area (Å²) in [4.78, 5) is 28.3. The Morgan fingerprint density at radius 3 is 2.50 bits per heavy atom. The molecule has 230 valence electrons. The Bertz CT molecular complexity index is 1290. The highest BCUT2D eigenvalue weighted by Gasteiger charge is 2.89. The molecule has 0 unspecified atom stereocenters. The standard InChI is InChI=1S/C32H44N2O8/c1-6-34-16-29(42-28(36)18-9-7-8-10-21(18)33-17(2)35)12-11-25(40-4)31-23(29)14-20(26(31)34)30(37)15-22(39-3)19-13-24(31)32(30,38)27(19)41-5/h7-10,19-20,22-27,37-38H,6,11-16H2,1-5H3,(H,33,35)/t19-,20-,22+,23-,24+,25+,26-,27+,29-,30+,31+,32+/m1/s1. The van der Waals surface area contributed by atoms with Crippen molar-refractivity contribution in [2.75, 3.05) is 39.7 Å². The zero-order chi connectivity index (χ0) is 29.8. The minimum atomic E-state index is -1.48. The molecule has 1 amide bonds. The van der Waals surface area contributed by atoms with Gasteiger partial charge >= 0.3 is 5.97 Å². The van der Waals surface area contributed by atoms with E-state index >= 15 is 0 Å². The van der Waals surface area contributed by atoms with Crippen molar-refractivity contribution in [3.63, 3.8) is 0 Å². The number of nitrogens with one attached hydrogen (secondary N) is 1. The molecule has 5 aliphatic carbocycles. The number of anilines is 1. The quantitative estimate of drug-likeness (QED) is 0.414. The predicted molar refractivity (Wildman–Crippen MR) is 152 cm³/mol. The van der Waals surface area contributed by atoms with E-state index in [0.29, 0.717) is 56.4 Å². The number of carbonyl (C=O) groups is 2. The average molecular weight is 585 g/mol. The number of methoxy groups -OCH3 is 3. The number of nitrogens with zero attached hydrogens (tertiary/aromatic N) is 1. The molecule has 1 saturated heterocycles. The Kier molecular flexibility index (Phi) is 6.46. The number of esters is 1. The van der Waals surface area contributed by atoms with Crippen LogP contribution in [0.5, 0.6) is 0 Å². The maximum absolute atomic E-state index is 14.0. The molecule has 5 saturated carbocycles. The van der Waals surface area contributed by atoms with Crippen molar-refractivity contribution in [3.8, 4) is 0 Å². The number of carbonyl (C=O) groups excluding carboxylic acids is 2. The molecule has 7 bridgehead atoms. The van der Waals surface area contributed by atoms with Gasteiger partial charge in [-0.25, -0.2) is 4.79 Å². The Balaban J connectivity index is 1.38. The summed E-state index contributed by atoms with van der Waals surface area (Å²) in [7, 11) is 5.05. The summed E-state index contributed by atoms with van der Waals surface area (Å²) in [5.74, 6) is -1.54. The Labute approximate surface area is 247 Å². The topological polar surface area (TPSA) is 127 Å². The summed E-state index contributed by atoms with van der Waals surface area (Å²) in [6.45, 7) is 4.79. The van der Waals surface area contributed by atoms with Crippen molar-refractivity contribution in [3.05, 3.63) is 29.8 Å². The molecule has 6 aliphatic rings. The fraction of sp³-hybridized carbons (Fsp3) is 0.750. The fourth-order valence-corrected chi connectivity index (χ4v) is 11.6. The van der Waals surface area contributed by atoms with Crippen LogP contribution in [0.25, 0.3) is 0 Å². The Hall–Kier alpha value is -2.08. The highest BCUT2D eigenvalue weighted by Crippen LogP contribution is 2.79. The Morgan fingerprint density at radius 2 is 1.83 bits per heavy atom. The molecule has 1 heterocycles. The zero-order valence-electron chi connectivity index (χ0n) is 25.2. The normalized spacial score (nSPS) is 48.2. The second kappa shape index (κ2) is 9.46. The molecule has 42 heavy (non-hydrogen) atoms. The van der Waals surface area contributed by atoms with E-state index in [1.165, 1.54) is 6.92 Å². The molecular weight excluding hydrogens is 540 g/mol. The van der Waals surface area contributed by atoms with Crippen molar-refractivity contribution in [2.24, 2.45) is 29.1 Å². The minimum absolute atomic E-state index is 0.0432. The zero-order valence-corrected chi connectivity index (χ0v) is 25.2. The predicted octanol–water partition coefficient (Wildman–Crippen LogP) is 2.22. The van der Waals surface area contributed by atoms with E-state index in [-0.39, 0.29) is 47.8 Å². The van der Waals surface area contributed by atoms with Crippen molar-refractivity contribution >= 4 is 17.6 Å². The van der Waals surface area contributed by atoms with Gasteiger partial charge in [0.2, 0.25) is 5.91 Å². The maximum Gasteiger partial charge on any atom is 0.340 e. The number of hydrogen-bond acceptors (Lipinski definition) is 9. The van der Waals surface area contributed by atoms with Gasteiger partial charge in [0.1, 0.15) is 16.8 Å². The first-order chi connectivity index (χ1) is 20.1. The SMILES string of the molecule is CCN1C[C@]2(OC(=O)c3ccccc3NC(C)=O)CC[C@H](OC)[C@@]34[C@@H]2C[C@H]([C@@H]13)[C@@]1(O)C[C@H](OC)[C@H]2C[C@@H]4[C@]1(O)[C@H]2OC. The smallest absolute Gasteiger partial charge is 0.340 e. The van der Waals surface area contributed by atoms with Crippen LogP contribution in [0.3, 0.4) is 0 Å². The molecule has 1 aromatic carbocycles. The number of likely N-dealkylation sites (tertiary alicyclic amines) is 1. The third kappa shape index (κ3) is 3.21. The number of likely N-dealkylation sites (N-methyl/N-ethyl adjacent to an activating group) is 1. The van der Waals surface area contributed by atoms with Gasteiger partial charge in [0.05, 0.1) is 29.6 Å². The van der Waals surface area contributed by atoms with E-state index in [4.69, 9.17) is 18.9 Å². The fourth-order valence-electron chi connectivity index (χ4n) is 11.6. The molecule has 1 aliphatic heterocycles. The van der Waals surface area contributed by atoms with Gasteiger partial charge in [0, 0.05) is 76.3 Å². The lowest BCUT2D eigenvalue weighted by Gasteiger charge is -2.70. The first-order valence-corrected chi connectivity index (χ1v) is 15.4. The molecule has 0 aromatic heterocycles. The van der Waals surface area contributed by atoms with E-state index in [1.54, 1.807) is 45.6 Å². The van der Waals surface area contributed by atoms with Crippen molar-refractivity contribution in [1.82, 2.24) is 4.90 Å². The summed E-state index contributed by atoms with van der Waals surface area (Å²) in [6.07, 6.45) is 1.91. The summed E-state index contributed by atoms with van der Waals surface area (Å²) < 4.78 is 25.1. The van der Waals surface area contributed by atoms with Gasteiger partial charge in [-0.15, -0.1) is 0 Å². The summed E-state index contributed by atoms with van der Waals surface area (Å²) >= 11 is 0. The van der Waals surface area contributed by atoms with Crippen LogP contribution in [0, 0.1) is 29.1 Å². The van der Waals surface area contributed by atoms with Gasteiger partial charge in [-0.3, -0.25) is 9.69 Å². The van der Waals surface area contributed by atoms with Crippen molar-refractivity contribution in [2.45, 2.75) is 87.1 Å². The number of hydrogen-bond donors (Lipinski definition) is 3. The van der Waals surface area contributed by atoms with Crippen LogP contribution in [0.15, 0.2) is 24.3 Å². The van der Waals surface area contributed by atoms with Crippen LogP contribution >= 0.6 is 0 Å². The van der Waals surface area contributed by atoms with Crippen LogP contribution in [0.1, 0.15) is 56.3 Å². The van der Waals surface area contributed by atoms with Gasteiger partial charge < -0.3 is 34.5 Å². The van der Waals surface area contributed by atoms with Gasteiger partial charge in [-0.05, 0) is 44.4 Å². The number of piperidine rings is 1. The number of ether oxygens (including phenoxy) is 4. The Morgan fingerprint density at radius 1 is 1.07 bits per heavy atom. The first kappa shape index (κ1) is 28.7. The van der Waals surface area contributed by atoms with Crippen LogP contribution in [-0.2, 0) is 23.7 Å². The molecule has 7 rings (SSSR count). The van der Waals surface area contributed by atoms with E-state index < -0.39 is 34.3 Å². The van der Waals surface area contributed by atoms with Gasteiger partial charge in [-0.2, -0.15) is 0 Å². The molecule has 10 nitrogen and oxygen atoms in total. The van der Waals surface area contributed by atoms with Crippen LogP contribution in [0.4, 0.5) is 5.69 Å². The molecule has 1 aromatic rings. The number of benzene rings is 1. The van der Waals surface area contributed by atoms with Crippen LogP contribution in [-0.4, -0.2) is 103 Å². The molecule has 3 N–H and O–H groups in total. The van der Waals surface area contributed by atoms with E-state index in [1.807, 2.05) is 0 Å².